The number of nitrogens with one attached hydrogen (secondary N) is 2. The van der Waals surface area contributed by atoms with Crippen molar-refractivity contribution in [3.63, 3.8) is 0 Å². The molecule has 2 unspecified atom stereocenters. The largest absolute Gasteiger partial charge is 0.612 e. The Balaban J connectivity index is 1.82. The number of rotatable bonds is 2. The van der Waals surface area contributed by atoms with E-state index in [0.29, 0.717) is 26.3 Å². The van der Waals surface area contributed by atoms with Crippen molar-refractivity contribution in [2.45, 2.75) is 10.9 Å². The van der Waals surface area contributed by atoms with Gasteiger partial charge in [-0.05, 0) is 0 Å². The molecule has 2 saturated heterocycles. The Labute approximate surface area is 86.7 Å². The maximum absolute atomic E-state index is 11.9. The van der Waals surface area contributed by atoms with Gasteiger partial charge in [0, 0.05) is 24.3 Å². The summed E-state index contributed by atoms with van der Waals surface area (Å²) in [6.45, 7) is 4.28. The topological polar surface area (TPSA) is 65.6 Å². The zero-order valence-electron chi connectivity index (χ0n) is 8.03. The van der Waals surface area contributed by atoms with Crippen LogP contribution in [-0.4, -0.2) is 54.8 Å². The van der Waals surface area contributed by atoms with Crippen molar-refractivity contribution in [2.24, 2.45) is 0 Å². The van der Waals surface area contributed by atoms with E-state index in [1.807, 2.05) is 0 Å². The molecule has 2 aliphatic heterocycles. The predicted octanol–water partition coefficient (Wildman–Crippen LogP) is -1.37. The number of hydrogen-bond acceptors (Lipinski definition) is 5. The normalized spacial score (nSPS) is 36.6. The van der Waals surface area contributed by atoms with Crippen LogP contribution in [0.25, 0.3) is 0 Å². The lowest BCUT2D eigenvalue weighted by Gasteiger charge is -2.32. The molecule has 0 aromatic rings. The van der Waals surface area contributed by atoms with Gasteiger partial charge in [-0.15, -0.1) is 0 Å². The third-order valence-corrected chi connectivity index (χ3v) is 3.95. The van der Waals surface area contributed by atoms with Crippen LogP contribution in [0.2, 0.25) is 0 Å². The fourth-order valence-electron chi connectivity index (χ4n) is 1.55. The van der Waals surface area contributed by atoms with Gasteiger partial charge in [0.25, 0.3) is 0 Å². The van der Waals surface area contributed by atoms with E-state index in [9.17, 15) is 4.55 Å². The van der Waals surface area contributed by atoms with Gasteiger partial charge in [0.05, 0.1) is 26.3 Å². The van der Waals surface area contributed by atoms with Crippen molar-refractivity contribution in [1.82, 2.24) is 10.6 Å². The van der Waals surface area contributed by atoms with Crippen molar-refractivity contribution < 1.29 is 14.0 Å². The Morgan fingerprint density at radius 3 is 1.86 bits per heavy atom. The highest BCUT2D eigenvalue weighted by molar-refractivity contribution is 7.92. The lowest BCUT2D eigenvalue weighted by atomic mass is 10.5. The standard InChI is InChI=1S/C8H16N2O3S/c11-14(7-5-9-1-3-12-7)8-6-10-2-4-13-8/h7-10H,1-6H2. The third kappa shape index (κ3) is 2.59. The van der Waals surface area contributed by atoms with Crippen LogP contribution in [0.3, 0.4) is 0 Å². The van der Waals surface area contributed by atoms with E-state index in [1.54, 1.807) is 0 Å². The van der Waals surface area contributed by atoms with E-state index in [0.717, 1.165) is 13.1 Å². The average Bonchev–Trinajstić information content (AvgIpc) is 2.30. The van der Waals surface area contributed by atoms with E-state index < -0.39 is 11.2 Å². The SMILES string of the molecule is [O-][S+](C1CNCCO1)C1CNCCO1. The van der Waals surface area contributed by atoms with Crippen LogP contribution in [0.4, 0.5) is 0 Å². The molecule has 0 spiro atoms. The van der Waals surface area contributed by atoms with Crippen LogP contribution < -0.4 is 10.6 Å². The molecule has 2 aliphatic rings. The molecule has 2 atom stereocenters. The molecule has 0 aliphatic carbocycles. The molecule has 0 amide bonds. The fourth-order valence-corrected chi connectivity index (χ4v) is 2.91. The summed E-state index contributed by atoms with van der Waals surface area (Å²) in [7, 11) is 0. The van der Waals surface area contributed by atoms with Gasteiger partial charge in [0.1, 0.15) is 0 Å². The van der Waals surface area contributed by atoms with Gasteiger partial charge < -0.3 is 24.7 Å². The summed E-state index contributed by atoms with van der Waals surface area (Å²) < 4.78 is 22.8. The molecular weight excluding hydrogens is 204 g/mol. The Morgan fingerprint density at radius 1 is 1.00 bits per heavy atom. The lowest BCUT2D eigenvalue weighted by Crippen LogP contribution is -2.51. The fraction of sp³-hybridized carbons (Fsp3) is 1.00. The molecular formula is C8H16N2O3S. The molecule has 0 saturated carbocycles. The first kappa shape index (κ1) is 10.7. The van der Waals surface area contributed by atoms with Crippen LogP contribution >= 0.6 is 0 Å². The molecule has 2 fully saturated rings. The summed E-state index contributed by atoms with van der Waals surface area (Å²) in [5.41, 5.74) is -0.428. The monoisotopic (exact) mass is 220 g/mol. The highest BCUT2D eigenvalue weighted by Gasteiger charge is 2.34. The van der Waals surface area contributed by atoms with Crippen molar-refractivity contribution in [3.8, 4) is 0 Å². The van der Waals surface area contributed by atoms with Crippen LogP contribution in [-0.2, 0) is 20.6 Å². The van der Waals surface area contributed by atoms with Gasteiger partial charge in [-0.25, -0.2) is 0 Å². The maximum atomic E-state index is 11.9. The van der Waals surface area contributed by atoms with Crippen molar-refractivity contribution in [1.29, 1.82) is 0 Å². The van der Waals surface area contributed by atoms with E-state index >= 15 is 0 Å². The molecule has 0 radical (unpaired) electrons. The van der Waals surface area contributed by atoms with Gasteiger partial charge in [0.2, 0.25) is 10.9 Å². The minimum absolute atomic E-state index is 0.214. The minimum Gasteiger partial charge on any atom is -0.612 e. The first-order valence-electron chi connectivity index (χ1n) is 4.92. The van der Waals surface area contributed by atoms with Gasteiger partial charge in [-0.2, -0.15) is 0 Å². The number of hydrogen-bond donors (Lipinski definition) is 2. The Bertz CT molecular complexity index is 154. The van der Waals surface area contributed by atoms with Gasteiger partial charge >= 0.3 is 0 Å². The Morgan fingerprint density at radius 2 is 1.50 bits per heavy atom. The molecule has 14 heavy (non-hydrogen) atoms. The first-order valence-corrected chi connectivity index (χ1v) is 6.19. The summed E-state index contributed by atoms with van der Waals surface area (Å²) in [4.78, 5) is 0. The zero-order valence-corrected chi connectivity index (χ0v) is 8.85. The summed E-state index contributed by atoms with van der Waals surface area (Å²) in [6, 6.07) is 0. The summed E-state index contributed by atoms with van der Waals surface area (Å²) in [5.74, 6) is 0. The molecule has 0 bridgehead atoms. The summed E-state index contributed by atoms with van der Waals surface area (Å²) in [6.07, 6.45) is 0. The Hall–Kier alpha value is 0.150. The molecule has 2 N–H and O–H groups in total. The highest BCUT2D eigenvalue weighted by Crippen LogP contribution is 2.15. The molecule has 6 heteroatoms. The Kier molecular flexibility index (Phi) is 4.03. The zero-order chi connectivity index (χ0) is 9.80. The summed E-state index contributed by atoms with van der Waals surface area (Å²) in [5, 5.41) is 6.32. The molecule has 5 nitrogen and oxygen atoms in total. The highest BCUT2D eigenvalue weighted by atomic mass is 32.2. The quantitative estimate of drug-likeness (QED) is 0.562. The van der Waals surface area contributed by atoms with Gasteiger partial charge in [-0.1, -0.05) is 0 Å². The molecule has 2 heterocycles. The van der Waals surface area contributed by atoms with Crippen molar-refractivity contribution >= 4 is 11.2 Å². The first-order chi connectivity index (χ1) is 6.88. The second-order valence-corrected chi connectivity index (χ2v) is 5.05. The maximum Gasteiger partial charge on any atom is 0.230 e. The van der Waals surface area contributed by atoms with Gasteiger partial charge in [-0.3, -0.25) is 0 Å². The molecule has 0 aromatic heterocycles. The molecule has 0 aromatic carbocycles. The van der Waals surface area contributed by atoms with Crippen LogP contribution in [0, 0.1) is 0 Å². The third-order valence-electron chi connectivity index (χ3n) is 2.31. The van der Waals surface area contributed by atoms with E-state index in [2.05, 4.69) is 10.6 Å². The van der Waals surface area contributed by atoms with E-state index in [4.69, 9.17) is 9.47 Å². The average molecular weight is 220 g/mol. The van der Waals surface area contributed by atoms with E-state index in [-0.39, 0.29) is 10.9 Å². The van der Waals surface area contributed by atoms with Crippen molar-refractivity contribution in [3.05, 3.63) is 0 Å². The molecule has 2 rings (SSSR count). The number of ether oxygens (including phenoxy) is 2. The second kappa shape index (κ2) is 5.29. The molecule has 82 valence electrons. The minimum atomic E-state index is -1.06. The van der Waals surface area contributed by atoms with Crippen LogP contribution in [0.1, 0.15) is 0 Å². The van der Waals surface area contributed by atoms with E-state index in [1.165, 1.54) is 0 Å². The van der Waals surface area contributed by atoms with Crippen LogP contribution in [0.15, 0.2) is 0 Å². The van der Waals surface area contributed by atoms with Crippen LogP contribution in [0.5, 0.6) is 0 Å². The number of morpholine rings is 2. The second-order valence-electron chi connectivity index (χ2n) is 3.34. The lowest BCUT2D eigenvalue weighted by molar-refractivity contribution is 0.0533. The van der Waals surface area contributed by atoms with Crippen molar-refractivity contribution in [2.75, 3.05) is 39.4 Å². The smallest absolute Gasteiger partial charge is 0.230 e. The van der Waals surface area contributed by atoms with Gasteiger partial charge in [0.15, 0.2) is 0 Å². The predicted molar refractivity (Wildman–Crippen MR) is 53.4 cm³/mol. The summed E-state index contributed by atoms with van der Waals surface area (Å²) >= 11 is -1.06.